The summed E-state index contributed by atoms with van der Waals surface area (Å²) in [5.41, 5.74) is 1.59. The molecule has 0 spiro atoms. The Morgan fingerprint density at radius 3 is 2.42 bits per heavy atom. The molecule has 102 valence electrons. The Hall–Kier alpha value is -2.17. The second-order valence-corrected chi connectivity index (χ2v) is 4.09. The van der Waals surface area contributed by atoms with Crippen molar-refractivity contribution in [3.8, 4) is 11.5 Å². The van der Waals surface area contributed by atoms with Crippen molar-refractivity contribution >= 4 is 16.9 Å². The highest BCUT2D eigenvalue weighted by molar-refractivity contribution is 5.89. The van der Waals surface area contributed by atoms with Crippen LogP contribution in [-0.4, -0.2) is 29.3 Å². The number of carboxylic acid groups (broad SMARTS) is 1. The van der Waals surface area contributed by atoms with E-state index in [0.29, 0.717) is 24.7 Å². The quantitative estimate of drug-likeness (QED) is 0.840. The SMILES string of the molecule is CCOc1cc2[nH]cc(CC(=O)O)c2cc1OCC. The summed E-state index contributed by atoms with van der Waals surface area (Å²) in [4.78, 5) is 13.9. The Balaban J connectivity index is 2.49. The summed E-state index contributed by atoms with van der Waals surface area (Å²) < 4.78 is 11.1. The van der Waals surface area contributed by atoms with Crippen molar-refractivity contribution in [2.45, 2.75) is 20.3 Å². The van der Waals surface area contributed by atoms with Crippen molar-refractivity contribution in [3.63, 3.8) is 0 Å². The number of aromatic nitrogens is 1. The van der Waals surface area contributed by atoms with Crippen LogP contribution in [-0.2, 0) is 11.2 Å². The van der Waals surface area contributed by atoms with Gasteiger partial charge in [0.1, 0.15) is 0 Å². The van der Waals surface area contributed by atoms with Gasteiger partial charge in [0.05, 0.1) is 19.6 Å². The average Bonchev–Trinajstić information content (AvgIpc) is 2.72. The Bertz CT molecular complexity index is 588. The topological polar surface area (TPSA) is 71.6 Å². The number of fused-ring (bicyclic) bond motifs is 1. The van der Waals surface area contributed by atoms with Crippen molar-refractivity contribution in [1.29, 1.82) is 0 Å². The minimum Gasteiger partial charge on any atom is -0.490 e. The number of nitrogens with one attached hydrogen (secondary N) is 1. The Morgan fingerprint density at radius 2 is 1.84 bits per heavy atom. The van der Waals surface area contributed by atoms with Gasteiger partial charge in [-0.1, -0.05) is 0 Å². The highest BCUT2D eigenvalue weighted by Crippen LogP contribution is 2.34. The van der Waals surface area contributed by atoms with Crippen LogP contribution < -0.4 is 9.47 Å². The largest absolute Gasteiger partial charge is 0.490 e. The summed E-state index contributed by atoms with van der Waals surface area (Å²) in [6, 6.07) is 3.67. The van der Waals surface area contributed by atoms with Crippen LogP contribution >= 0.6 is 0 Å². The zero-order valence-corrected chi connectivity index (χ0v) is 11.0. The van der Waals surface area contributed by atoms with Crippen LogP contribution in [0.5, 0.6) is 11.5 Å². The molecule has 0 saturated carbocycles. The van der Waals surface area contributed by atoms with Gasteiger partial charge in [-0.2, -0.15) is 0 Å². The lowest BCUT2D eigenvalue weighted by Gasteiger charge is -2.11. The average molecular weight is 263 g/mol. The number of carbonyl (C=O) groups is 1. The maximum Gasteiger partial charge on any atom is 0.307 e. The third kappa shape index (κ3) is 2.81. The molecule has 5 heteroatoms. The lowest BCUT2D eigenvalue weighted by molar-refractivity contribution is -0.136. The summed E-state index contributed by atoms with van der Waals surface area (Å²) in [5, 5.41) is 9.74. The number of rotatable bonds is 6. The zero-order chi connectivity index (χ0) is 13.8. The van der Waals surface area contributed by atoms with Crippen molar-refractivity contribution in [2.75, 3.05) is 13.2 Å². The van der Waals surface area contributed by atoms with Crippen LogP contribution in [0.15, 0.2) is 18.3 Å². The lowest BCUT2D eigenvalue weighted by atomic mass is 10.1. The molecule has 0 bridgehead atoms. The van der Waals surface area contributed by atoms with E-state index in [9.17, 15) is 4.79 Å². The van der Waals surface area contributed by atoms with E-state index in [0.717, 1.165) is 16.5 Å². The first-order valence-electron chi connectivity index (χ1n) is 6.27. The molecule has 1 aromatic heterocycles. The monoisotopic (exact) mass is 263 g/mol. The highest BCUT2D eigenvalue weighted by atomic mass is 16.5. The molecule has 0 radical (unpaired) electrons. The van der Waals surface area contributed by atoms with Gasteiger partial charge in [-0.05, 0) is 25.5 Å². The number of ether oxygens (including phenoxy) is 2. The first-order valence-corrected chi connectivity index (χ1v) is 6.27. The van der Waals surface area contributed by atoms with Crippen molar-refractivity contribution in [2.24, 2.45) is 0 Å². The van der Waals surface area contributed by atoms with Gasteiger partial charge in [-0.25, -0.2) is 0 Å². The number of hydrogen-bond donors (Lipinski definition) is 2. The maximum absolute atomic E-state index is 10.8. The molecule has 2 N–H and O–H groups in total. The molecule has 0 aliphatic heterocycles. The van der Waals surface area contributed by atoms with E-state index in [1.807, 2.05) is 26.0 Å². The zero-order valence-electron chi connectivity index (χ0n) is 11.0. The normalized spacial score (nSPS) is 10.6. The van der Waals surface area contributed by atoms with Crippen LogP contribution in [0, 0.1) is 0 Å². The molecule has 2 rings (SSSR count). The third-order valence-corrected chi connectivity index (χ3v) is 2.77. The summed E-state index contributed by atoms with van der Waals surface area (Å²) >= 11 is 0. The molecule has 0 aliphatic carbocycles. The number of aliphatic carboxylic acids is 1. The van der Waals surface area contributed by atoms with E-state index < -0.39 is 5.97 Å². The molecule has 0 saturated heterocycles. The maximum atomic E-state index is 10.8. The summed E-state index contributed by atoms with van der Waals surface area (Å²) in [6.45, 7) is 4.89. The minimum atomic E-state index is -0.854. The van der Waals surface area contributed by atoms with E-state index in [-0.39, 0.29) is 6.42 Å². The highest BCUT2D eigenvalue weighted by Gasteiger charge is 2.13. The predicted molar refractivity (Wildman–Crippen MR) is 72.0 cm³/mol. The van der Waals surface area contributed by atoms with E-state index >= 15 is 0 Å². The second kappa shape index (κ2) is 5.65. The molecule has 1 heterocycles. The van der Waals surface area contributed by atoms with Gasteiger partial charge in [0.2, 0.25) is 0 Å². The van der Waals surface area contributed by atoms with Gasteiger partial charge < -0.3 is 19.6 Å². The molecule has 5 nitrogen and oxygen atoms in total. The Morgan fingerprint density at radius 1 is 1.21 bits per heavy atom. The second-order valence-electron chi connectivity index (χ2n) is 4.09. The number of H-pyrrole nitrogens is 1. The molecule has 19 heavy (non-hydrogen) atoms. The van der Waals surface area contributed by atoms with Crippen LogP contribution in [0.25, 0.3) is 10.9 Å². The van der Waals surface area contributed by atoms with Gasteiger partial charge in [0, 0.05) is 23.2 Å². The van der Waals surface area contributed by atoms with Gasteiger partial charge in [-0.3, -0.25) is 4.79 Å². The van der Waals surface area contributed by atoms with Gasteiger partial charge in [0.25, 0.3) is 0 Å². The van der Waals surface area contributed by atoms with Gasteiger partial charge >= 0.3 is 5.97 Å². The van der Waals surface area contributed by atoms with Crippen LogP contribution in [0.2, 0.25) is 0 Å². The molecule has 2 aromatic rings. The fourth-order valence-corrected chi connectivity index (χ4v) is 2.03. The smallest absolute Gasteiger partial charge is 0.307 e. The van der Waals surface area contributed by atoms with E-state index in [2.05, 4.69) is 4.98 Å². The third-order valence-electron chi connectivity index (χ3n) is 2.77. The molecular formula is C14H17NO4. The molecule has 0 aliphatic rings. The standard InChI is InChI=1S/C14H17NO4/c1-3-18-12-6-10-9(5-14(16)17)8-15-11(10)7-13(12)19-4-2/h6-8,15H,3-5H2,1-2H3,(H,16,17). The van der Waals surface area contributed by atoms with Crippen LogP contribution in [0.4, 0.5) is 0 Å². The van der Waals surface area contributed by atoms with Crippen molar-refractivity contribution in [1.82, 2.24) is 4.98 Å². The van der Waals surface area contributed by atoms with Crippen LogP contribution in [0.3, 0.4) is 0 Å². The molecule has 1 aromatic carbocycles. The van der Waals surface area contributed by atoms with Crippen molar-refractivity contribution in [3.05, 3.63) is 23.9 Å². The molecule has 0 unspecified atom stereocenters. The molecule has 0 atom stereocenters. The summed E-state index contributed by atoms with van der Waals surface area (Å²) in [7, 11) is 0. The molecule has 0 fully saturated rings. The number of carboxylic acids is 1. The fraction of sp³-hybridized carbons (Fsp3) is 0.357. The van der Waals surface area contributed by atoms with Crippen LogP contribution in [0.1, 0.15) is 19.4 Å². The molecule has 0 amide bonds. The fourth-order valence-electron chi connectivity index (χ4n) is 2.03. The first kappa shape index (κ1) is 13.3. The molecular weight excluding hydrogens is 246 g/mol. The van der Waals surface area contributed by atoms with E-state index in [1.165, 1.54) is 0 Å². The predicted octanol–water partition coefficient (Wildman–Crippen LogP) is 2.59. The van der Waals surface area contributed by atoms with Crippen molar-refractivity contribution < 1.29 is 19.4 Å². The number of aromatic amines is 1. The van der Waals surface area contributed by atoms with E-state index in [4.69, 9.17) is 14.6 Å². The van der Waals surface area contributed by atoms with Gasteiger partial charge in [0.15, 0.2) is 11.5 Å². The summed E-state index contributed by atoms with van der Waals surface area (Å²) in [5.74, 6) is 0.455. The number of hydrogen-bond acceptors (Lipinski definition) is 3. The number of benzene rings is 1. The van der Waals surface area contributed by atoms with Gasteiger partial charge in [-0.15, -0.1) is 0 Å². The first-order chi connectivity index (χ1) is 9.15. The van der Waals surface area contributed by atoms with E-state index in [1.54, 1.807) is 6.20 Å². The Labute approximate surface area is 111 Å². The Kier molecular flexibility index (Phi) is 3.94. The lowest BCUT2D eigenvalue weighted by Crippen LogP contribution is -2.00. The minimum absolute atomic E-state index is 0.0143. The summed E-state index contributed by atoms with van der Waals surface area (Å²) in [6.07, 6.45) is 1.70.